The van der Waals surface area contributed by atoms with E-state index < -0.39 is 15.8 Å². The van der Waals surface area contributed by atoms with Gasteiger partial charge in [-0.3, -0.25) is 4.79 Å². The molecular weight excluding hydrogens is 380 g/mol. The molecule has 1 saturated carbocycles. The summed E-state index contributed by atoms with van der Waals surface area (Å²) in [7, 11) is 0.724. The highest BCUT2D eigenvalue weighted by molar-refractivity contribution is 7.91. The van der Waals surface area contributed by atoms with Crippen LogP contribution in [-0.4, -0.2) is 69.5 Å². The summed E-state index contributed by atoms with van der Waals surface area (Å²) >= 11 is 0. The number of ether oxygens (including phenoxy) is 1. The Balaban J connectivity index is 1.64. The number of amides is 1. The number of sulfone groups is 1. The summed E-state index contributed by atoms with van der Waals surface area (Å²) < 4.78 is 29.0. The zero-order valence-electron chi connectivity index (χ0n) is 16.5. The first kappa shape index (κ1) is 20.6. The molecule has 0 spiro atoms. The van der Waals surface area contributed by atoms with Gasteiger partial charge >= 0.3 is 5.97 Å². The monoisotopic (exact) mass is 408 g/mol. The van der Waals surface area contributed by atoms with E-state index in [9.17, 15) is 18.0 Å². The second kappa shape index (κ2) is 8.51. The number of hydrogen-bond donors (Lipinski definition) is 0. The van der Waals surface area contributed by atoms with Crippen LogP contribution in [0.15, 0.2) is 24.3 Å². The van der Waals surface area contributed by atoms with E-state index in [1.54, 1.807) is 17.0 Å². The normalized spacial score (nSPS) is 21.4. The molecule has 154 valence electrons. The highest BCUT2D eigenvalue weighted by atomic mass is 32.2. The predicted molar refractivity (Wildman–Crippen MR) is 107 cm³/mol. The SMILES string of the molecule is CN(C)c1ccc(C(=O)OCC(=O)N(C2CCCC2)[C@H]2CCS(=O)(=O)C2)cc1. The Morgan fingerprint density at radius 1 is 1.04 bits per heavy atom. The molecule has 8 heteroatoms. The van der Waals surface area contributed by atoms with E-state index in [1.165, 1.54) is 0 Å². The quantitative estimate of drug-likeness (QED) is 0.668. The molecule has 3 rings (SSSR count). The maximum atomic E-state index is 12.9. The fourth-order valence-corrected chi connectivity index (χ4v) is 5.77. The predicted octanol–water partition coefficient (Wildman–Crippen LogP) is 1.87. The van der Waals surface area contributed by atoms with Crippen molar-refractivity contribution in [3.63, 3.8) is 0 Å². The van der Waals surface area contributed by atoms with Crippen LogP contribution < -0.4 is 4.90 Å². The van der Waals surface area contributed by atoms with Gasteiger partial charge in [-0.05, 0) is 43.5 Å². The van der Waals surface area contributed by atoms with Crippen LogP contribution >= 0.6 is 0 Å². The minimum Gasteiger partial charge on any atom is -0.452 e. The molecule has 2 aliphatic rings. The molecule has 1 amide bonds. The van der Waals surface area contributed by atoms with Gasteiger partial charge in [0.2, 0.25) is 0 Å². The summed E-state index contributed by atoms with van der Waals surface area (Å²) in [5, 5.41) is 0. The van der Waals surface area contributed by atoms with E-state index in [0.29, 0.717) is 12.0 Å². The van der Waals surface area contributed by atoms with E-state index in [-0.39, 0.29) is 36.1 Å². The molecule has 1 aromatic carbocycles. The van der Waals surface area contributed by atoms with Crippen LogP contribution in [0, 0.1) is 0 Å². The Kier molecular flexibility index (Phi) is 6.27. The maximum Gasteiger partial charge on any atom is 0.338 e. The number of rotatable bonds is 6. The van der Waals surface area contributed by atoms with Crippen LogP contribution in [0.25, 0.3) is 0 Å². The average Bonchev–Trinajstić information content (AvgIpc) is 3.30. The molecule has 0 N–H and O–H groups in total. The van der Waals surface area contributed by atoms with Gasteiger partial charge in [0.25, 0.3) is 5.91 Å². The molecule has 0 aromatic heterocycles. The van der Waals surface area contributed by atoms with E-state index >= 15 is 0 Å². The van der Waals surface area contributed by atoms with E-state index in [0.717, 1.165) is 31.4 Å². The zero-order chi connectivity index (χ0) is 20.3. The molecule has 1 saturated heterocycles. The standard InChI is InChI=1S/C20H28N2O5S/c1-21(2)16-9-7-15(8-10-16)20(24)27-13-19(23)22(17-5-3-4-6-17)18-11-12-28(25,26)14-18/h7-10,17-18H,3-6,11-14H2,1-2H3/t18-/m0/s1. The molecule has 0 radical (unpaired) electrons. The third-order valence-corrected chi connectivity index (χ3v) is 7.30. The Morgan fingerprint density at radius 2 is 1.68 bits per heavy atom. The molecule has 0 bridgehead atoms. The third-order valence-electron chi connectivity index (χ3n) is 5.55. The van der Waals surface area contributed by atoms with Crippen molar-refractivity contribution in [2.75, 3.05) is 37.1 Å². The van der Waals surface area contributed by atoms with Crippen LogP contribution in [0.5, 0.6) is 0 Å². The fraction of sp³-hybridized carbons (Fsp3) is 0.600. The highest BCUT2D eigenvalue weighted by Gasteiger charge is 2.39. The fourth-order valence-electron chi connectivity index (χ4n) is 4.06. The minimum atomic E-state index is -3.09. The first-order valence-corrected chi connectivity index (χ1v) is 11.5. The summed E-state index contributed by atoms with van der Waals surface area (Å²) in [5.74, 6) is -0.724. The van der Waals surface area contributed by atoms with Crippen LogP contribution in [0.2, 0.25) is 0 Å². The van der Waals surface area contributed by atoms with Gasteiger partial charge in [-0.15, -0.1) is 0 Å². The van der Waals surface area contributed by atoms with E-state index in [2.05, 4.69) is 0 Å². The summed E-state index contributed by atoms with van der Waals surface area (Å²) in [6.07, 6.45) is 4.28. The zero-order valence-corrected chi connectivity index (χ0v) is 17.3. The van der Waals surface area contributed by atoms with Crippen molar-refractivity contribution in [2.24, 2.45) is 0 Å². The largest absolute Gasteiger partial charge is 0.452 e. The number of nitrogens with zero attached hydrogens (tertiary/aromatic N) is 2. The van der Waals surface area contributed by atoms with Gasteiger partial charge in [-0.1, -0.05) is 12.8 Å². The number of hydrogen-bond acceptors (Lipinski definition) is 6. The molecule has 1 aliphatic heterocycles. The lowest BCUT2D eigenvalue weighted by Crippen LogP contribution is -2.48. The Hall–Kier alpha value is -2.09. The highest BCUT2D eigenvalue weighted by Crippen LogP contribution is 2.29. The second-order valence-electron chi connectivity index (χ2n) is 7.81. The van der Waals surface area contributed by atoms with E-state index in [1.807, 2.05) is 31.1 Å². The van der Waals surface area contributed by atoms with Gasteiger partial charge in [0.1, 0.15) is 0 Å². The molecule has 1 aromatic rings. The molecule has 1 aliphatic carbocycles. The van der Waals surface area contributed by atoms with Crippen LogP contribution in [0.1, 0.15) is 42.5 Å². The van der Waals surface area contributed by atoms with Gasteiger partial charge in [-0.25, -0.2) is 13.2 Å². The molecule has 2 fully saturated rings. The number of benzene rings is 1. The van der Waals surface area contributed by atoms with Crippen molar-refractivity contribution < 1.29 is 22.7 Å². The Morgan fingerprint density at radius 3 is 2.21 bits per heavy atom. The van der Waals surface area contributed by atoms with Crippen molar-refractivity contribution >= 4 is 27.4 Å². The molecule has 1 heterocycles. The number of carbonyl (C=O) groups is 2. The average molecular weight is 409 g/mol. The molecule has 28 heavy (non-hydrogen) atoms. The molecule has 7 nitrogen and oxygen atoms in total. The van der Waals surface area contributed by atoms with Gasteiger partial charge < -0.3 is 14.5 Å². The topological polar surface area (TPSA) is 84.0 Å². The first-order valence-electron chi connectivity index (χ1n) is 9.73. The van der Waals surface area contributed by atoms with Gasteiger partial charge in [0.05, 0.1) is 17.1 Å². The van der Waals surface area contributed by atoms with Crippen molar-refractivity contribution in [3.8, 4) is 0 Å². The van der Waals surface area contributed by atoms with Gasteiger partial charge in [0.15, 0.2) is 16.4 Å². The van der Waals surface area contributed by atoms with Gasteiger partial charge in [0, 0.05) is 31.9 Å². The lowest BCUT2D eigenvalue weighted by molar-refractivity contribution is -0.139. The van der Waals surface area contributed by atoms with Gasteiger partial charge in [-0.2, -0.15) is 0 Å². The molecule has 0 unspecified atom stereocenters. The smallest absolute Gasteiger partial charge is 0.338 e. The first-order chi connectivity index (χ1) is 13.3. The van der Waals surface area contributed by atoms with Crippen molar-refractivity contribution in [1.82, 2.24) is 4.90 Å². The van der Waals surface area contributed by atoms with Crippen LogP contribution in [0.3, 0.4) is 0 Å². The maximum absolute atomic E-state index is 12.9. The third kappa shape index (κ3) is 4.84. The molecule has 1 atom stereocenters. The Labute approximate surface area is 166 Å². The summed E-state index contributed by atoms with van der Waals surface area (Å²) in [4.78, 5) is 28.8. The van der Waals surface area contributed by atoms with Crippen molar-refractivity contribution in [3.05, 3.63) is 29.8 Å². The Bertz CT molecular complexity index is 814. The molecular formula is C20H28N2O5S. The number of carbonyl (C=O) groups excluding carboxylic acids is 2. The van der Waals surface area contributed by atoms with Crippen molar-refractivity contribution in [1.29, 1.82) is 0 Å². The van der Waals surface area contributed by atoms with Crippen molar-refractivity contribution in [2.45, 2.75) is 44.2 Å². The summed E-state index contributed by atoms with van der Waals surface area (Å²) in [5.41, 5.74) is 1.34. The van der Waals surface area contributed by atoms with Crippen LogP contribution in [0.4, 0.5) is 5.69 Å². The number of anilines is 1. The van der Waals surface area contributed by atoms with E-state index in [4.69, 9.17) is 4.74 Å². The second-order valence-corrected chi connectivity index (χ2v) is 10.0. The number of esters is 1. The van der Waals surface area contributed by atoms with Crippen LogP contribution in [-0.2, 0) is 19.4 Å². The summed E-state index contributed by atoms with van der Waals surface area (Å²) in [6, 6.07) is 6.70. The lowest BCUT2D eigenvalue weighted by Gasteiger charge is -2.33. The lowest BCUT2D eigenvalue weighted by atomic mass is 10.1. The minimum absolute atomic E-state index is 0.00911. The summed E-state index contributed by atoms with van der Waals surface area (Å²) in [6.45, 7) is -0.360.